The van der Waals surface area contributed by atoms with Gasteiger partial charge in [0.25, 0.3) is 0 Å². The van der Waals surface area contributed by atoms with E-state index in [0.717, 1.165) is 34.6 Å². The van der Waals surface area contributed by atoms with Gasteiger partial charge in [-0.1, -0.05) is 0 Å². The monoisotopic (exact) mass is 313 g/mol. The molecule has 3 aromatic rings. The normalized spacial score (nSPS) is 10.5. The minimum absolute atomic E-state index is 0.548. The van der Waals surface area contributed by atoms with E-state index in [1.807, 2.05) is 42.5 Å². The number of anilines is 3. The van der Waals surface area contributed by atoms with Crippen LogP contribution in [0.2, 0.25) is 0 Å². The van der Waals surface area contributed by atoms with Gasteiger partial charge >= 0.3 is 0 Å². The van der Waals surface area contributed by atoms with Crippen molar-refractivity contribution in [2.75, 3.05) is 17.1 Å². The number of nitrogens with one attached hydrogen (secondary N) is 2. The molecule has 22 heavy (non-hydrogen) atoms. The second-order valence-corrected chi connectivity index (χ2v) is 4.95. The minimum atomic E-state index is 0.548. The summed E-state index contributed by atoms with van der Waals surface area (Å²) in [6.07, 6.45) is 1.72. The zero-order valence-electron chi connectivity index (χ0n) is 11.9. The number of aromatic nitrogens is 2. The summed E-state index contributed by atoms with van der Waals surface area (Å²) in [5.41, 5.74) is 3.50. The number of fused-ring (bicyclic) bond motifs is 1. The molecule has 0 fully saturated rings. The van der Waals surface area contributed by atoms with Crippen LogP contribution in [0.5, 0.6) is 5.88 Å². The van der Waals surface area contributed by atoms with Crippen LogP contribution in [0.15, 0.2) is 48.7 Å². The van der Waals surface area contributed by atoms with Crippen LogP contribution < -0.4 is 19.9 Å². The number of nitrogens with zero attached hydrogens (tertiary/aromatic N) is 2. The SMILES string of the molecule is COc1ccc2c(Nc3ccc(NSN)cc3)ccnc2n1. The number of rotatable bonds is 5. The number of pyridine rings is 2. The predicted molar refractivity (Wildman–Crippen MR) is 91.2 cm³/mol. The number of nitrogens with two attached hydrogens (primary N) is 1. The zero-order chi connectivity index (χ0) is 15.4. The summed E-state index contributed by atoms with van der Waals surface area (Å²) < 4.78 is 8.10. The Bertz CT molecular complexity index is 778. The second-order valence-electron chi connectivity index (χ2n) is 4.51. The molecule has 0 amide bonds. The minimum Gasteiger partial charge on any atom is -0.481 e. The van der Waals surface area contributed by atoms with E-state index in [2.05, 4.69) is 20.0 Å². The molecule has 0 aliphatic heterocycles. The van der Waals surface area contributed by atoms with E-state index in [4.69, 9.17) is 9.88 Å². The summed E-state index contributed by atoms with van der Waals surface area (Å²) in [7, 11) is 1.59. The van der Waals surface area contributed by atoms with Crippen molar-refractivity contribution in [3.05, 3.63) is 48.7 Å². The van der Waals surface area contributed by atoms with Crippen molar-refractivity contribution in [1.82, 2.24) is 9.97 Å². The van der Waals surface area contributed by atoms with Crippen molar-refractivity contribution in [3.63, 3.8) is 0 Å². The maximum absolute atomic E-state index is 5.37. The number of benzene rings is 1. The molecule has 7 heteroatoms. The largest absolute Gasteiger partial charge is 0.481 e. The van der Waals surface area contributed by atoms with E-state index in [0.29, 0.717) is 11.5 Å². The molecular formula is C15H15N5OS. The molecule has 0 saturated carbocycles. The van der Waals surface area contributed by atoms with E-state index >= 15 is 0 Å². The number of ether oxygens (including phenoxy) is 1. The van der Waals surface area contributed by atoms with Gasteiger partial charge in [-0.15, -0.1) is 0 Å². The molecular weight excluding hydrogens is 298 g/mol. The zero-order valence-corrected chi connectivity index (χ0v) is 12.7. The summed E-state index contributed by atoms with van der Waals surface area (Å²) in [4.78, 5) is 8.61. The Labute approximate surface area is 132 Å². The summed E-state index contributed by atoms with van der Waals surface area (Å²) >= 11 is 1.07. The fourth-order valence-electron chi connectivity index (χ4n) is 2.08. The molecule has 3 rings (SSSR count). The standard InChI is InChI=1S/C15H15N5OS/c1-21-14-7-6-12-13(8-9-17-15(12)19-14)18-10-2-4-11(5-3-10)20-22-16/h2-9,20H,16H2,1H3,(H,17,18,19). The Morgan fingerprint density at radius 3 is 2.55 bits per heavy atom. The van der Waals surface area contributed by atoms with Crippen LogP contribution in [0.3, 0.4) is 0 Å². The first kappa shape index (κ1) is 14.4. The van der Waals surface area contributed by atoms with Gasteiger partial charge in [-0.3, -0.25) is 5.14 Å². The molecule has 4 N–H and O–H groups in total. The molecule has 0 atom stereocenters. The molecule has 0 aliphatic rings. The molecule has 0 spiro atoms. The molecule has 0 unspecified atom stereocenters. The molecule has 6 nitrogen and oxygen atoms in total. The number of hydrogen-bond acceptors (Lipinski definition) is 7. The first-order chi connectivity index (χ1) is 10.8. The highest BCUT2D eigenvalue weighted by atomic mass is 32.2. The maximum Gasteiger partial charge on any atom is 0.215 e. The van der Waals surface area contributed by atoms with E-state index in [1.54, 1.807) is 13.3 Å². The lowest BCUT2D eigenvalue weighted by atomic mass is 10.2. The van der Waals surface area contributed by atoms with Crippen molar-refractivity contribution in [2.24, 2.45) is 5.14 Å². The lowest BCUT2D eigenvalue weighted by Crippen LogP contribution is -1.96. The highest BCUT2D eigenvalue weighted by Gasteiger charge is 2.05. The summed E-state index contributed by atoms with van der Waals surface area (Å²) in [6.45, 7) is 0. The molecule has 0 aliphatic carbocycles. The smallest absolute Gasteiger partial charge is 0.215 e. The Morgan fingerprint density at radius 1 is 1.05 bits per heavy atom. The quantitative estimate of drug-likeness (QED) is 0.623. The first-order valence-electron chi connectivity index (χ1n) is 6.59. The van der Waals surface area contributed by atoms with Gasteiger partial charge in [-0.25, -0.2) is 4.98 Å². The van der Waals surface area contributed by atoms with Gasteiger partial charge in [-0.2, -0.15) is 4.98 Å². The van der Waals surface area contributed by atoms with E-state index < -0.39 is 0 Å². The third-order valence-corrected chi connectivity index (χ3v) is 3.48. The lowest BCUT2D eigenvalue weighted by molar-refractivity contribution is 0.399. The predicted octanol–water partition coefficient (Wildman–Crippen LogP) is 3.32. The first-order valence-corrected chi connectivity index (χ1v) is 7.46. The van der Waals surface area contributed by atoms with Gasteiger partial charge in [0.05, 0.1) is 12.8 Å². The van der Waals surface area contributed by atoms with E-state index in [-0.39, 0.29) is 0 Å². The van der Waals surface area contributed by atoms with Crippen LogP contribution in [0, 0.1) is 0 Å². The highest BCUT2D eigenvalue weighted by molar-refractivity contribution is 7.98. The maximum atomic E-state index is 5.37. The summed E-state index contributed by atoms with van der Waals surface area (Å²) in [5, 5.41) is 9.67. The van der Waals surface area contributed by atoms with Gasteiger partial charge in [0.1, 0.15) is 0 Å². The second kappa shape index (κ2) is 6.50. The molecule has 1 aromatic carbocycles. The van der Waals surface area contributed by atoms with Crippen LogP contribution in [-0.2, 0) is 0 Å². The molecule has 0 bridgehead atoms. The number of hydrogen-bond donors (Lipinski definition) is 3. The third kappa shape index (κ3) is 3.05. The average molecular weight is 313 g/mol. The Morgan fingerprint density at radius 2 is 1.82 bits per heavy atom. The van der Waals surface area contributed by atoms with Crippen LogP contribution >= 0.6 is 12.1 Å². The molecule has 0 saturated heterocycles. The van der Waals surface area contributed by atoms with Gasteiger partial charge < -0.3 is 14.8 Å². The molecule has 2 aromatic heterocycles. The highest BCUT2D eigenvalue weighted by Crippen LogP contribution is 2.26. The average Bonchev–Trinajstić information content (AvgIpc) is 2.56. The van der Waals surface area contributed by atoms with Crippen molar-refractivity contribution in [2.45, 2.75) is 0 Å². The lowest BCUT2D eigenvalue weighted by Gasteiger charge is -2.10. The third-order valence-electron chi connectivity index (χ3n) is 3.13. The van der Waals surface area contributed by atoms with Gasteiger partial charge in [0.15, 0.2) is 5.65 Å². The Hall–Kier alpha value is -2.51. The summed E-state index contributed by atoms with van der Waals surface area (Å²) in [6, 6.07) is 13.5. The Balaban J connectivity index is 1.90. The molecule has 112 valence electrons. The van der Waals surface area contributed by atoms with Crippen LogP contribution in [-0.4, -0.2) is 17.1 Å². The van der Waals surface area contributed by atoms with E-state index in [1.165, 1.54) is 0 Å². The van der Waals surface area contributed by atoms with Gasteiger partial charge in [0, 0.05) is 41.2 Å². The van der Waals surface area contributed by atoms with Gasteiger partial charge in [0.2, 0.25) is 5.88 Å². The molecule has 0 radical (unpaired) electrons. The Kier molecular flexibility index (Phi) is 4.27. The van der Waals surface area contributed by atoms with Crippen LogP contribution in [0.1, 0.15) is 0 Å². The van der Waals surface area contributed by atoms with Gasteiger partial charge in [-0.05, 0) is 36.4 Å². The van der Waals surface area contributed by atoms with E-state index in [9.17, 15) is 0 Å². The fraction of sp³-hybridized carbons (Fsp3) is 0.0667. The van der Waals surface area contributed by atoms with Crippen molar-refractivity contribution >= 4 is 40.2 Å². The fourth-order valence-corrected chi connectivity index (χ4v) is 2.35. The molecule has 2 heterocycles. The number of methoxy groups -OCH3 is 1. The van der Waals surface area contributed by atoms with Crippen molar-refractivity contribution < 1.29 is 4.74 Å². The summed E-state index contributed by atoms with van der Waals surface area (Å²) in [5.74, 6) is 0.548. The van der Waals surface area contributed by atoms with Crippen LogP contribution in [0.25, 0.3) is 11.0 Å². The van der Waals surface area contributed by atoms with Crippen molar-refractivity contribution in [3.8, 4) is 5.88 Å². The van der Waals surface area contributed by atoms with Crippen molar-refractivity contribution in [1.29, 1.82) is 0 Å². The van der Waals surface area contributed by atoms with Crippen LogP contribution in [0.4, 0.5) is 17.1 Å². The topological polar surface area (TPSA) is 85.1 Å².